The van der Waals surface area contributed by atoms with Gasteiger partial charge in [0.15, 0.2) is 0 Å². The molecule has 0 aliphatic carbocycles. The quantitative estimate of drug-likeness (QED) is 0.392. The van der Waals surface area contributed by atoms with Gasteiger partial charge in [-0.3, -0.25) is 19.2 Å². The highest BCUT2D eigenvalue weighted by Gasteiger charge is 2.30. The predicted molar refractivity (Wildman–Crippen MR) is 100 cm³/mol. The van der Waals surface area contributed by atoms with Crippen LogP contribution in [0.1, 0.15) is 12.5 Å². The Kier molecular flexibility index (Phi) is 6.40. The van der Waals surface area contributed by atoms with Gasteiger partial charge in [-0.1, -0.05) is 17.7 Å². The van der Waals surface area contributed by atoms with Crippen LogP contribution in [0.5, 0.6) is 0 Å². The highest BCUT2D eigenvalue weighted by Crippen LogP contribution is 2.30. The van der Waals surface area contributed by atoms with Crippen LogP contribution in [0.3, 0.4) is 0 Å². The number of benzene rings is 2. The fourth-order valence-electron chi connectivity index (χ4n) is 2.41. The van der Waals surface area contributed by atoms with Crippen molar-refractivity contribution in [3.8, 4) is 0 Å². The number of carbonyl (C=O) groups excluding carboxylic acids is 1. The maximum atomic E-state index is 13.1. The molecule has 8 nitrogen and oxygen atoms in total. The first-order chi connectivity index (χ1) is 12.7. The Morgan fingerprint density at radius 1 is 1.26 bits per heavy atom. The lowest BCUT2D eigenvalue weighted by molar-refractivity contribution is -0.385. The van der Waals surface area contributed by atoms with Gasteiger partial charge in [0, 0.05) is 17.2 Å². The average molecular weight is 413 g/mol. The minimum absolute atomic E-state index is 0.0864. The number of aryl methyl sites for hydroxylation is 1. The molecule has 0 saturated carbocycles. The highest BCUT2D eigenvalue weighted by molar-refractivity contribution is 7.92. The molecular formula is C17H17ClN2O6S. The van der Waals surface area contributed by atoms with Gasteiger partial charge >= 0.3 is 5.97 Å². The van der Waals surface area contributed by atoms with Crippen molar-refractivity contribution in [2.75, 3.05) is 17.5 Å². The second-order valence-corrected chi connectivity index (χ2v) is 7.80. The molecular weight excluding hydrogens is 396 g/mol. The molecule has 27 heavy (non-hydrogen) atoms. The number of esters is 1. The van der Waals surface area contributed by atoms with E-state index in [1.54, 1.807) is 19.9 Å². The number of anilines is 1. The van der Waals surface area contributed by atoms with E-state index in [4.69, 9.17) is 16.3 Å². The van der Waals surface area contributed by atoms with E-state index < -0.39 is 27.5 Å². The van der Waals surface area contributed by atoms with Gasteiger partial charge in [-0.15, -0.1) is 0 Å². The van der Waals surface area contributed by atoms with E-state index in [2.05, 4.69) is 0 Å². The molecule has 0 N–H and O–H groups in total. The molecule has 2 rings (SSSR count). The molecule has 0 aliphatic rings. The first-order valence-electron chi connectivity index (χ1n) is 7.85. The zero-order valence-corrected chi connectivity index (χ0v) is 16.2. The lowest BCUT2D eigenvalue weighted by Gasteiger charge is -2.25. The van der Waals surface area contributed by atoms with Gasteiger partial charge in [-0.05, 0) is 43.7 Å². The number of hydrogen-bond acceptors (Lipinski definition) is 6. The summed E-state index contributed by atoms with van der Waals surface area (Å²) in [4.78, 5) is 22.0. The van der Waals surface area contributed by atoms with E-state index in [9.17, 15) is 23.3 Å². The summed E-state index contributed by atoms with van der Waals surface area (Å²) in [5.74, 6) is -0.749. The van der Waals surface area contributed by atoms with Crippen molar-refractivity contribution in [2.45, 2.75) is 18.7 Å². The Labute approximate surface area is 161 Å². The fraction of sp³-hybridized carbons (Fsp3) is 0.235. The zero-order valence-electron chi connectivity index (χ0n) is 14.6. The van der Waals surface area contributed by atoms with Crippen molar-refractivity contribution in [1.29, 1.82) is 0 Å². The van der Waals surface area contributed by atoms with Gasteiger partial charge in [-0.25, -0.2) is 8.42 Å². The van der Waals surface area contributed by atoms with Crippen molar-refractivity contribution < 1.29 is 22.9 Å². The Bertz CT molecular complexity index is 977. The number of sulfonamides is 1. The first kappa shape index (κ1) is 20.7. The first-order valence-corrected chi connectivity index (χ1v) is 9.67. The lowest BCUT2D eigenvalue weighted by atomic mass is 10.2. The Balaban J connectivity index is 2.59. The number of ether oxygens (including phenoxy) is 1. The van der Waals surface area contributed by atoms with Gasteiger partial charge in [0.2, 0.25) is 0 Å². The third kappa shape index (κ3) is 4.75. The van der Waals surface area contributed by atoms with Gasteiger partial charge in [0.1, 0.15) is 6.54 Å². The summed E-state index contributed by atoms with van der Waals surface area (Å²) < 4.78 is 32.0. The van der Waals surface area contributed by atoms with Crippen molar-refractivity contribution in [3.05, 3.63) is 63.2 Å². The number of halogens is 1. The molecule has 0 aromatic heterocycles. The molecule has 0 heterocycles. The summed E-state index contributed by atoms with van der Waals surface area (Å²) >= 11 is 5.93. The molecule has 0 unspecified atom stereocenters. The average Bonchev–Trinajstić information content (AvgIpc) is 2.60. The van der Waals surface area contributed by atoms with Crippen LogP contribution in [0.2, 0.25) is 5.02 Å². The summed E-state index contributed by atoms with van der Waals surface area (Å²) in [6.45, 7) is 2.75. The smallest absolute Gasteiger partial charge is 0.326 e. The maximum absolute atomic E-state index is 13.1. The van der Waals surface area contributed by atoms with Crippen molar-refractivity contribution in [2.24, 2.45) is 0 Å². The molecule has 0 atom stereocenters. The fourth-order valence-corrected chi connectivity index (χ4v) is 4.15. The normalized spacial score (nSPS) is 11.1. The molecule has 0 fully saturated rings. The van der Waals surface area contributed by atoms with Crippen molar-refractivity contribution in [1.82, 2.24) is 0 Å². The third-order valence-electron chi connectivity index (χ3n) is 3.62. The van der Waals surface area contributed by atoms with Gasteiger partial charge in [-0.2, -0.15) is 0 Å². The van der Waals surface area contributed by atoms with Crippen molar-refractivity contribution in [3.63, 3.8) is 0 Å². The standard InChI is InChI=1S/C17H17ClN2O6S/c1-3-26-17(21)11-19(16-8-7-13(18)9-12(16)2)27(24,25)15-6-4-5-14(10-15)20(22)23/h4-10H,3,11H2,1-2H3. The number of non-ortho nitro benzene ring substituents is 1. The SMILES string of the molecule is CCOC(=O)CN(c1ccc(Cl)cc1C)S(=O)(=O)c1cccc([N+](=O)[O-])c1. The topological polar surface area (TPSA) is 107 Å². The predicted octanol–water partition coefficient (Wildman–Crippen LogP) is 3.32. The van der Waals surface area contributed by atoms with Crippen LogP contribution in [0.4, 0.5) is 11.4 Å². The zero-order chi connectivity index (χ0) is 20.2. The molecule has 0 radical (unpaired) electrons. The van der Waals surface area contributed by atoms with Crippen LogP contribution in [-0.2, 0) is 19.6 Å². The second-order valence-electron chi connectivity index (χ2n) is 5.50. The Morgan fingerprint density at radius 3 is 2.56 bits per heavy atom. The number of carbonyl (C=O) groups is 1. The van der Waals surface area contributed by atoms with Crippen LogP contribution >= 0.6 is 11.6 Å². The van der Waals surface area contributed by atoms with E-state index in [1.807, 2.05) is 0 Å². The molecule has 0 aliphatic heterocycles. The number of hydrogen-bond donors (Lipinski definition) is 0. The van der Waals surface area contributed by atoms with Crippen LogP contribution in [-0.4, -0.2) is 32.5 Å². The van der Waals surface area contributed by atoms with Crippen molar-refractivity contribution >= 4 is 39.0 Å². The van der Waals surface area contributed by atoms with Gasteiger partial charge in [0.05, 0.1) is 22.1 Å². The largest absolute Gasteiger partial charge is 0.465 e. The van der Waals surface area contributed by atoms with E-state index in [0.29, 0.717) is 10.6 Å². The summed E-state index contributed by atoms with van der Waals surface area (Å²) in [5.41, 5.74) is 0.361. The minimum atomic E-state index is -4.27. The maximum Gasteiger partial charge on any atom is 0.326 e. The monoisotopic (exact) mass is 412 g/mol. The van der Waals surface area contributed by atoms with Crippen LogP contribution < -0.4 is 4.31 Å². The summed E-state index contributed by atoms with van der Waals surface area (Å²) in [7, 11) is -4.27. The summed E-state index contributed by atoms with van der Waals surface area (Å²) in [6, 6.07) is 9.13. The molecule has 0 bridgehead atoms. The Hall–Kier alpha value is -2.65. The Morgan fingerprint density at radius 2 is 1.96 bits per heavy atom. The summed E-state index contributed by atoms with van der Waals surface area (Å²) in [5, 5.41) is 11.4. The second kappa shape index (κ2) is 8.36. The molecule has 2 aromatic rings. The number of nitro groups is 1. The van der Waals surface area contributed by atoms with Crippen LogP contribution in [0.15, 0.2) is 47.4 Å². The van der Waals surface area contributed by atoms with Gasteiger partial charge in [0.25, 0.3) is 15.7 Å². The van der Waals surface area contributed by atoms with E-state index in [1.165, 1.54) is 30.3 Å². The molecule has 10 heteroatoms. The molecule has 0 saturated heterocycles. The molecule has 0 spiro atoms. The van der Waals surface area contributed by atoms with E-state index in [0.717, 1.165) is 10.4 Å². The number of rotatable bonds is 7. The van der Waals surface area contributed by atoms with Crippen LogP contribution in [0.25, 0.3) is 0 Å². The number of nitrogens with zero attached hydrogens (tertiary/aromatic N) is 2. The summed E-state index contributed by atoms with van der Waals surface area (Å²) in [6.07, 6.45) is 0. The lowest BCUT2D eigenvalue weighted by Crippen LogP contribution is -2.37. The molecule has 0 amide bonds. The molecule has 144 valence electrons. The molecule has 2 aromatic carbocycles. The highest BCUT2D eigenvalue weighted by atomic mass is 35.5. The third-order valence-corrected chi connectivity index (χ3v) is 5.61. The van der Waals surface area contributed by atoms with E-state index >= 15 is 0 Å². The number of nitro benzene ring substituents is 1. The van der Waals surface area contributed by atoms with Gasteiger partial charge < -0.3 is 4.74 Å². The van der Waals surface area contributed by atoms with E-state index in [-0.39, 0.29) is 22.9 Å². The van der Waals surface area contributed by atoms with Crippen LogP contribution in [0, 0.1) is 17.0 Å². The minimum Gasteiger partial charge on any atom is -0.465 e.